The summed E-state index contributed by atoms with van der Waals surface area (Å²) in [6.07, 6.45) is 0.993. The van der Waals surface area contributed by atoms with Crippen LogP contribution in [0, 0.1) is 17.7 Å². The van der Waals surface area contributed by atoms with E-state index < -0.39 is 11.8 Å². The monoisotopic (exact) mass is 296 g/mol. The first kappa shape index (κ1) is 17.1. The third-order valence-corrected chi connectivity index (χ3v) is 3.10. The standard InChI is InChI=1S/C15H21FN2O3/c1-9(2)5-10(8-17)6-14(19)18-13-7-11(15(20)21)3-4-12(13)16/h3-4,7,9-10H,5-6,8,17H2,1-2H3,(H,18,19)(H,20,21). The lowest BCUT2D eigenvalue weighted by molar-refractivity contribution is -0.117. The molecule has 0 saturated carbocycles. The third kappa shape index (κ3) is 5.51. The van der Waals surface area contributed by atoms with Crippen molar-refractivity contribution in [2.24, 2.45) is 17.6 Å². The van der Waals surface area contributed by atoms with Crippen LogP contribution in [0.2, 0.25) is 0 Å². The fraction of sp³-hybridized carbons (Fsp3) is 0.467. The Bertz CT molecular complexity index is 518. The minimum absolute atomic E-state index is 0.0238. The van der Waals surface area contributed by atoms with Crippen LogP contribution in [0.15, 0.2) is 18.2 Å². The first-order valence-electron chi connectivity index (χ1n) is 6.86. The number of rotatable bonds is 7. The lowest BCUT2D eigenvalue weighted by Crippen LogP contribution is -2.24. The maximum atomic E-state index is 13.6. The Hall–Kier alpha value is -1.95. The number of nitrogens with two attached hydrogens (primary N) is 1. The van der Waals surface area contributed by atoms with E-state index in [-0.39, 0.29) is 29.5 Å². The van der Waals surface area contributed by atoms with Crippen LogP contribution in [0.4, 0.5) is 10.1 Å². The molecule has 5 nitrogen and oxygen atoms in total. The molecule has 0 fully saturated rings. The lowest BCUT2D eigenvalue weighted by Gasteiger charge is -2.16. The molecule has 0 spiro atoms. The summed E-state index contributed by atoms with van der Waals surface area (Å²) in [5.74, 6) is -1.77. The minimum Gasteiger partial charge on any atom is -0.478 e. The van der Waals surface area contributed by atoms with Crippen molar-refractivity contribution in [1.82, 2.24) is 0 Å². The van der Waals surface area contributed by atoms with Gasteiger partial charge in [-0.05, 0) is 43.0 Å². The number of hydrogen-bond donors (Lipinski definition) is 3. The Balaban J connectivity index is 2.74. The van der Waals surface area contributed by atoms with E-state index in [9.17, 15) is 14.0 Å². The number of anilines is 1. The third-order valence-electron chi connectivity index (χ3n) is 3.10. The Morgan fingerprint density at radius 3 is 2.57 bits per heavy atom. The molecule has 0 bridgehead atoms. The van der Waals surface area contributed by atoms with Crippen molar-refractivity contribution in [3.8, 4) is 0 Å². The van der Waals surface area contributed by atoms with Gasteiger partial charge in [0.25, 0.3) is 0 Å². The smallest absolute Gasteiger partial charge is 0.335 e. The highest BCUT2D eigenvalue weighted by Gasteiger charge is 2.16. The zero-order valence-corrected chi connectivity index (χ0v) is 12.2. The molecule has 0 aliphatic heterocycles. The van der Waals surface area contributed by atoms with Crippen molar-refractivity contribution in [2.75, 3.05) is 11.9 Å². The van der Waals surface area contributed by atoms with Crippen LogP contribution in [0.1, 0.15) is 37.0 Å². The summed E-state index contributed by atoms with van der Waals surface area (Å²) >= 11 is 0. The normalized spacial score (nSPS) is 12.2. The Labute approximate surface area is 123 Å². The van der Waals surface area contributed by atoms with Crippen molar-refractivity contribution in [3.05, 3.63) is 29.6 Å². The van der Waals surface area contributed by atoms with Crippen LogP contribution >= 0.6 is 0 Å². The predicted octanol–water partition coefficient (Wildman–Crippen LogP) is 2.47. The van der Waals surface area contributed by atoms with Crippen LogP contribution < -0.4 is 11.1 Å². The quantitative estimate of drug-likeness (QED) is 0.720. The summed E-state index contributed by atoms with van der Waals surface area (Å²) in [7, 11) is 0. The van der Waals surface area contributed by atoms with E-state index in [0.29, 0.717) is 12.5 Å². The van der Waals surface area contributed by atoms with Crippen LogP contribution in [0.3, 0.4) is 0 Å². The second-order valence-corrected chi connectivity index (χ2v) is 5.48. The molecule has 21 heavy (non-hydrogen) atoms. The van der Waals surface area contributed by atoms with Crippen LogP contribution in [0.25, 0.3) is 0 Å². The van der Waals surface area contributed by atoms with E-state index in [2.05, 4.69) is 5.32 Å². The van der Waals surface area contributed by atoms with Crippen LogP contribution in [-0.2, 0) is 4.79 Å². The number of amides is 1. The van der Waals surface area contributed by atoms with E-state index in [4.69, 9.17) is 10.8 Å². The maximum absolute atomic E-state index is 13.6. The lowest BCUT2D eigenvalue weighted by atomic mass is 9.94. The molecule has 1 aromatic carbocycles. The summed E-state index contributed by atoms with van der Waals surface area (Å²) < 4.78 is 13.6. The number of hydrogen-bond acceptors (Lipinski definition) is 3. The molecule has 0 radical (unpaired) electrons. The summed E-state index contributed by atoms with van der Waals surface area (Å²) in [6, 6.07) is 3.28. The van der Waals surface area contributed by atoms with Gasteiger partial charge >= 0.3 is 5.97 Å². The fourth-order valence-corrected chi connectivity index (χ4v) is 2.15. The molecule has 116 valence electrons. The zero-order chi connectivity index (χ0) is 16.0. The summed E-state index contributed by atoms with van der Waals surface area (Å²) in [5.41, 5.74) is 5.42. The molecule has 1 aromatic rings. The molecule has 6 heteroatoms. The SMILES string of the molecule is CC(C)CC(CN)CC(=O)Nc1cc(C(=O)O)ccc1F. The van der Waals surface area contributed by atoms with Gasteiger partial charge in [-0.3, -0.25) is 4.79 Å². The molecule has 1 unspecified atom stereocenters. The molecule has 0 saturated heterocycles. The van der Waals surface area contributed by atoms with Gasteiger partial charge in [0.1, 0.15) is 5.82 Å². The molecule has 4 N–H and O–H groups in total. The maximum Gasteiger partial charge on any atom is 0.335 e. The Morgan fingerprint density at radius 1 is 1.38 bits per heavy atom. The molecule has 0 heterocycles. The van der Waals surface area contributed by atoms with Crippen molar-refractivity contribution in [2.45, 2.75) is 26.7 Å². The highest BCUT2D eigenvalue weighted by atomic mass is 19.1. The largest absolute Gasteiger partial charge is 0.478 e. The number of aromatic carboxylic acids is 1. The fourth-order valence-electron chi connectivity index (χ4n) is 2.15. The van der Waals surface area contributed by atoms with Gasteiger partial charge in [0, 0.05) is 6.42 Å². The van der Waals surface area contributed by atoms with Gasteiger partial charge in [0.15, 0.2) is 0 Å². The molecular formula is C15H21FN2O3. The van der Waals surface area contributed by atoms with Gasteiger partial charge in [0.05, 0.1) is 11.3 Å². The molecule has 0 aliphatic rings. The highest BCUT2D eigenvalue weighted by molar-refractivity contribution is 5.94. The van der Waals surface area contributed by atoms with Crippen molar-refractivity contribution in [1.29, 1.82) is 0 Å². The first-order valence-corrected chi connectivity index (χ1v) is 6.86. The van der Waals surface area contributed by atoms with E-state index in [1.54, 1.807) is 0 Å². The molecule has 0 aliphatic carbocycles. The van der Waals surface area contributed by atoms with Crippen molar-refractivity contribution < 1.29 is 19.1 Å². The molecular weight excluding hydrogens is 275 g/mol. The van der Waals surface area contributed by atoms with Gasteiger partial charge in [-0.25, -0.2) is 9.18 Å². The minimum atomic E-state index is -1.18. The Morgan fingerprint density at radius 2 is 2.05 bits per heavy atom. The number of benzene rings is 1. The second-order valence-electron chi connectivity index (χ2n) is 5.48. The van der Waals surface area contributed by atoms with E-state index in [0.717, 1.165) is 24.6 Å². The zero-order valence-electron chi connectivity index (χ0n) is 12.2. The molecule has 1 amide bonds. The van der Waals surface area contributed by atoms with Crippen molar-refractivity contribution in [3.63, 3.8) is 0 Å². The van der Waals surface area contributed by atoms with Gasteiger partial charge < -0.3 is 16.2 Å². The topological polar surface area (TPSA) is 92.4 Å². The summed E-state index contributed by atoms with van der Waals surface area (Å²) in [5, 5.41) is 11.3. The first-order chi connectivity index (χ1) is 9.83. The van der Waals surface area contributed by atoms with E-state index in [1.165, 1.54) is 0 Å². The van der Waals surface area contributed by atoms with Gasteiger partial charge in [-0.2, -0.15) is 0 Å². The van der Waals surface area contributed by atoms with E-state index in [1.807, 2.05) is 13.8 Å². The number of nitrogens with one attached hydrogen (secondary N) is 1. The number of carbonyl (C=O) groups excluding carboxylic acids is 1. The van der Waals surface area contributed by atoms with E-state index >= 15 is 0 Å². The Kier molecular flexibility index (Phi) is 6.30. The molecule has 1 rings (SSSR count). The number of carboxylic acid groups (broad SMARTS) is 1. The number of carboxylic acids is 1. The summed E-state index contributed by atoms with van der Waals surface area (Å²) in [6.45, 7) is 4.45. The second kappa shape index (κ2) is 7.73. The van der Waals surface area contributed by atoms with Gasteiger partial charge in [0.2, 0.25) is 5.91 Å². The number of carbonyl (C=O) groups is 2. The van der Waals surface area contributed by atoms with Crippen LogP contribution in [-0.4, -0.2) is 23.5 Å². The average molecular weight is 296 g/mol. The summed E-state index contributed by atoms with van der Waals surface area (Å²) in [4.78, 5) is 22.8. The number of halogens is 1. The molecule has 1 atom stereocenters. The predicted molar refractivity (Wildman–Crippen MR) is 78.6 cm³/mol. The van der Waals surface area contributed by atoms with Gasteiger partial charge in [-0.1, -0.05) is 13.8 Å². The van der Waals surface area contributed by atoms with Gasteiger partial charge in [-0.15, -0.1) is 0 Å². The highest BCUT2D eigenvalue weighted by Crippen LogP contribution is 2.19. The average Bonchev–Trinajstić information content (AvgIpc) is 2.39. The van der Waals surface area contributed by atoms with Crippen molar-refractivity contribution >= 4 is 17.6 Å². The van der Waals surface area contributed by atoms with Crippen LogP contribution in [0.5, 0.6) is 0 Å². The molecule has 0 aromatic heterocycles.